The Bertz CT molecular complexity index is 402. The Balaban J connectivity index is 2.16. The Morgan fingerprint density at radius 1 is 1.37 bits per heavy atom. The van der Waals surface area contributed by atoms with Crippen LogP contribution in [0.2, 0.25) is 0 Å². The number of hydrogen-bond donors (Lipinski definition) is 1. The molecule has 2 atom stereocenters. The van der Waals surface area contributed by atoms with Crippen LogP contribution in [-0.4, -0.2) is 24.1 Å². The van der Waals surface area contributed by atoms with E-state index >= 15 is 0 Å². The number of nitrogens with zero attached hydrogens (tertiary/aromatic N) is 2. The number of nitrogens with one attached hydrogen (secondary N) is 1. The van der Waals surface area contributed by atoms with Crippen LogP contribution >= 0.6 is 11.3 Å². The molecule has 1 aromatic rings. The molecule has 1 saturated heterocycles. The summed E-state index contributed by atoms with van der Waals surface area (Å²) in [7, 11) is 0. The minimum Gasteiger partial charge on any atom is -0.345 e. The summed E-state index contributed by atoms with van der Waals surface area (Å²) in [5.74, 6) is 0.797. The van der Waals surface area contributed by atoms with Gasteiger partial charge in [0.15, 0.2) is 5.13 Å². The van der Waals surface area contributed by atoms with E-state index in [-0.39, 0.29) is 0 Å². The minimum absolute atomic E-state index is 0.641. The molecule has 4 heteroatoms. The zero-order valence-electron chi connectivity index (χ0n) is 12.7. The van der Waals surface area contributed by atoms with Crippen LogP contribution in [0.3, 0.4) is 0 Å². The molecule has 0 aromatic carbocycles. The third kappa shape index (κ3) is 3.48. The first-order valence-corrected chi connectivity index (χ1v) is 8.43. The molecule has 0 spiro atoms. The molecule has 0 saturated carbocycles. The van der Waals surface area contributed by atoms with Gasteiger partial charge in [-0.3, -0.25) is 0 Å². The summed E-state index contributed by atoms with van der Waals surface area (Å²) in [6.07, 6.45) is 3.58. The van der Waals surface area contributed by atoms with E-state index in [4.69, 9.17) is 4.98 Å². The summed E-state index contributed by atoms with van der Waals surface area (Å²) in [5.41, 5.74) is 1.32. The van der Waals surface area contributed by atoms with E-state index in [1.54, 1.807) is 0 Å². The Morgan fingerprint density at radius 2 is 2.16 bits per heavy atom. The van der Waals surface area contributed by atoms with Gasteiger partial charge in [-0.05, 0) is 32.2 Å². The number of anilines is 1. The molecule has 1 aliphatic rings. The first kappa shape index (κ1) is 14.8. The van der Waals surface area contributed by atoms with Crippen molar-refractivity contribution in [1.82, 2.24) is 10.3 Å². The van der Waals surface area contributed by atoms with Crippen LogP contribution in [0.25, 0.3) is 0 Å². The summed E-state index contributed by atoms with van der Waals surface area (Å²) in [6.45, 7) is 12.2. The van der Waals surface area contributed by atoms with Gasteiger partial charge in [-0.2, -0.15) is 0 Å². The molecule has 1 aromatic heterocycles. The van der Waals surface area contributed by atoms with E-state index in [1.165, 1.54) is 35.1 Å². The van der Waals surface area contributed by atoms with Crippen molar-refractivity contribution < 1.29 is 0 Å². The molecule has 3 nitrogen and oxygen atoms in total. The highest BCUT2D eigenvalue weighted by Gasteiger charge is 2.28. The highest BCUT2D eigenvalue weighted by atomic mass is 32.1. The molecule has 1 aliphatic heterocycles. The van der Waals surface area contributed by atoms with Crippen molar-refractivity contribution in [2.75, 3.05) is 18.0 Å². The summed E-state index contributed by atoms with van der Waals surface area (Å²) in [5, 5.41) is 4.68. The number of hydrogen-bond acceptors (Lipinski definition) is 4. The Hall–Kier alpha value is -0.610. The molecule has 0 aliphatic carbocycles. The number of rotatable bonds is 6. The smallest absolute Gasteiger partial charge is 0.186 e. The summed E-state index contributed by atoms with van der Waals surface area (Å²) in [6, 6.07) is 0.641. The average Bonchev–Trinajstić information content (AvgIpc) is 2.91. The van der Waals surface area contributed by atoms with E-state index in [2.05, 4.69) is 37.9 Å². The van der Waals surface area contributed by atoms with Crippen LogP contribution in [0.1, 0.15) is 51.1 Å². The van der Waals surface area contributed by atoms with Gasteiger partial charge in [0.1, 0.15) is 0 Å². The van der Waals surface area contributed by atoms with Crippen molar-refractivity contribution in [2.24, 2.45) is 5.92 Å². The molecule has 19 heavy (non-hydrogen) atoms. The number of thiazole rings is 1. The van der Waals surface area contributed by atoms with Gasteiger partial charge in [-0.1, -0.05) is 27.2 Å². The fourth-order valence-electron chi connectivity index (χ4n) is 2.87. The maximum Gasteiger partial charge on any atom is 0.186 e. The van der Waals surface area contributed by atoms with Crippen LogP contribution < -0.4 is 10.2 Å². The quantitative estimate of drug-likeness (QED) is 0.866. The van der Waals surface area contributed by atoms with Gasteiger partial charge in [0, 0.05) is 24.0 Å². The molecule has 0 bridgehead atoms. The Morgan fingerprint density at radius 3 is 2.74 bits per heavy atom. The first-order valence-electron chi connectivity index (χ1n) is 7.61. The number of aryl methyl sites for hydroxylation is 1. The van der Waals surface area contributed by atoms with Gasteiger partial charge in [0.25, 0.3) is 0 Å². The standard InChI is InChI=1S/C15H27N3S/c1-5-7-13-14(9-16-6-2)19-15(17-13)18-10-11(3)8-12(18)4/h11-12,16H,5-10H2,1-4H3. The molecule has 0 amide bonds. The summed E-state index contributed by atoms with van der Waals surface area (Å²) in [4.78, 5) is 8.86. The van der Waals surface area contributed by atoms with Crippen LogP contribution in [0, 0.1) is 5.92 Å². The Kier molecular flexibility index (Phi) is 5.22. The molecular weight excluding hydrogens is 254 g/mol. The van der Waals surface area contributed by atoms with Gasteiger partial charge in [0.2, 0.25) is 0 Å². The summed E-state index contributed by atoms with van der Waals surface area (Å²) < 4.78 is 0. The maximum absolute atomic E-state index is 4.92. The van der Waals surface area contributed by atoms with Crippen molar-refractivity contribution in [1.29, 1.82) is 0 Å². The zero-order chi connectivity index (χ0) is 13.8. The van der Waals surface area contributed by atoms with Gasteiger partial charge in [-0.25, -0.2) is 4.98 Å². The van der Waals surface area contributed by atoms with Gasteiger partial charge < -0.3 is 10.2 Å². The van der Waals surface area contributed by atoms with Crippen LogP contribution in [0.15, 0.2) is 0 Å². The lowest BCUT2D eigenvalue weighted by Crippen LogP contribution is -2.26. The fraction of sp³-hybridized carbons (Fsp3) is 0.800. The van der Waals surface area contributed by atoms with E-state index < -0.39 is 0 Å². The monoisotopic (exact) mass is 281 g/mol. The second kappa shape index (κ2) is 6.71. The van der Waals surface area contributed by atoms with Gasteiger partial charge in [-0.15, -0.1) is 11.3 Å². The SMILES string of the molecule is CCCc1nc(N2CC(C)CC2C)sc1CNCC. The molecule has 1 fully saturated rings. The lowest BCUT2D eigenvalue weighted by Gasteiger charge is -2.20. The molecule has 2 rings (SSSR count). The molecule has 0 radical (unpaired) electrons. The fourth-order valence-corrected chi connectivity index (χ4v) is 4.06. The van der Waals surface area contributed by atoms with E-state index in [0.717, 1.165) is 25.4 Å². The van der Waals surface area contributed by atoms with Crippen LogP contribution in [-0.2, 0) is 13.0 Å². The normalized spacial score (nSPS) is 23.3. The van der Waals surface area contributed by atoms with Crippen molar-refractivity contribution in [2.45, 2.75) is 59.5 Å². The highest BCUT2D eigenvalue weighted by Crippen LogP contribution is 2.34. The Labute approximate surface area is 121 Å². The van der Waals surface area contributed by atoms with E-state index in [0.29, 0.717) is 6.04 Å². The minimum atomic E-state index is 0.641. The second-order valence-corrected chi connectivity index (χ2v) is 6.80. The van der Waals surface area contributed by atoms with Crippen molar-refractivity contribution >= 4 is 16.5 Å². The van der Waals surface area contributed by atoms with Crippen molar-refractivity contribution in [3.63, 3.8) is 0 Å². The predicted octanol–water partition coefficient (Wildman–Crippen LogP) is 3.44. The highest BCUT2D eigenvalue weighted by molar-refractivity contribution is 7.15. The predicted molar refractivity (Wildman–Crippen MR) is 84.1 cm³/mol. The molecule has 1 N–H and O–H groups in total. The molecule has 2 heterocycles. The van der Waals surface area contributed by atoms with Crippen molar-refractivity contribution in [3.05, 3.63) is 10.6 Å². The maximum atomic E-state index is 4.92. The zero-order valence-corrected chi connectivity index (χ0v) is 13.5. The molecule has 108 valence electrons. The van der Waals surface area contributed by atoms with Crippen LogP contribution in [0.4, 0.5) is 5.13 Å². The molecular formula is C15H27N3S. The first-order chi connectivity index (χ1) is 9.15. The topological polar surface area (TPSA) is 28.2 Å². The number of aromatic nitrogens is 1. The van der Waals surface area contributed by atoms with Gasteiger partial charge >= 0.3 is 0 Å². The second-order valence-electron chi connectivity index (χ2n) is 5.74. The largest absolute Gasteiger partial charge is 0.345 e. The van der Waals surface area contributed by atoms with Gasteiger partial charge in [0.05, 0.1) is 5.69 Å². The van der Waals surface area contributed by atoms with Crippen LogP contribution in [0.5, 0.6) is 0 Å². The third-order valence-corrected chi connectivity index (χ3v) is 4.95. The molecule has 2 unspecified atom stereocenters. The van der Waals surface area contributed by atoms with E-state index in [9.17, 15) is 0 Å². The lowest BCUT2D eigenvalue weighted by atomic mass is 10.1. The van der Waals surface area contributed by atoms with Crippen molar-refractivity contribution in [3.8, 4) is 0 Å². The lowest BCUT2D eigenvalue weighted by molar-refractivity contribution is 0.625. The summed E-state index contributed by atoms with van der Waals surface area (Å²) >= 11 is 1.89. The average molecular weight is 281 g/mol. The van der Waals surface area contributed by atoms with E-state index in [1.807, 2.05) is 11.3 Å². The third-order valence-electron chi connectivity index (χ3n) is 3.82.